The first-order valence-electron chi connectivity index (χ1n) is 4.49. The Balaban J connectivity index is 3.10. The molecule has 14 heavy (non-hydrogen) atoms. The van der Waals surface area contributed by atoms with Gasteiger partial charge in [0.2, 0.25) is 0 Å². The van der Waals surface area contributed by atoms with Crippen molar-refractivity contribution < 1.29 is 5.11 Å². The molecule has 0 aromatic heterocycles. The third-order valence-electron chi connectivity index (χ3n) is 2.35. The molecule has 74 valence electrons. The quantitative estimate of drug-likeness (QED) is 0.748. The van der Waals surface area contributed by atoms with Crippen molar-refractivity contribution in [2.45, 2.75) is 26.3 Å². The van der Waals surface area contributed by atoms with Crippen LogP contribution in [0, 0.1) is 25.2 Å². The summed E-state index contributed by atoms with van der Waals surface area (Å²) in [4.78, 5) is 0. The largest absolute Gasteiger partial charge is 0.508 e. The number of benzene rings is 1. The number of phenols is 1. The Morgan fingerprint density at radius 2 is 2.00 bits per heavy atom. The van der Waals surface area contributed by atoms with Gasteiger partial charge in [0.25, 0.3) is 0 Å². The Morgan fingerprint density at radius 1 is 1.43 bits per heavy atom. The van der Waals surface area contributed by atoms with Crippen molar-refractivity contribution in [1.82, 2.24) is 0 Å². The standard InChI is InChI=1S/C11H14N2O/c1-7-5-9(10(13)3-4-12)11(14)6-8(7)2/h5-6,10,14H,3,13H2,1-2H3/t10-/m0/s1. The summed E-state index contributed by atoms with van der Waals surface area (Å²) >= 11 is 0. The van der Waals surface area contributed by atoms with E-state index in [-0.39, 0.29) is 12.2 Å². The third-order valence-corrected chi connectivity index (χ3v) is 2.35. The molecule has 0 aliphatic heterocycles. The van der Waals surface area contributed by atoms with Crippen molar-refractivity contribution in [3.8, 4) is 11.8 Å². The Morgan fingerprint density at radius 3 is 2.57 bits per heavy atom. The predicted molar refractivity (Wildman–Crippen MR) is 54.7 cm³/mol. The van der Waals surface area contributed by atoms with Crippen molar-refractivity contribution in [2.24, 2.45) is 5.73 Å². The van der Waals surface area contributed by atoms with Gasteiger partial charge in [-0.15, -0.1) is 0 Å². The van der Waals surface area contributed by atoms with Crippen LogP contribution >= 0.6 is 0 Å². The smallest absolute Gasteiger partial charge is 0.120 e. The van der Waals surface area contributed by atoms with Crippen LogP contribution < -0.4 is 5.73 Å². The Labute approximate surface area is 83.8 Å². The lowest BCUT2D eigenvalue weighted by molar-refractivity contribution is 0.461. The van der Waals surface area contributed by atoms with Crippen LogP contribution in [0.15, 0.2) is 12.1 Å². The zero-order chi connectivity index (χ0) is 10.7. The van der Waals surface area contributed by atoms with Crippen LogP contribution in [0.5, 0.6) is 5.75 Å². The average Bonchev–Trinajstić information content (AvgIpc) is 2.11. The second-order valence-electron chi connectivity index (χ2n) is 3.46. The van der Waals surface area contributed by atoms with Gasteiger partial charge in [0.05, 0.1) is 12.5 Å². The molecular weight excluding hydrogens is 176 g/mol. The van der Waals surface area contributed by atoms with Gasteiger partial charge in [0.15, 0.2) is 0 Å². The summed E-state index contributed by atoms with van der Waals surface area (Å²) in [5.74, 6) is 0.177. The molecule has 0 radical (unpaired) electrons. The van der Waals surface area contributed by atoms with Gasteiger partial charge in [-0.1, -0.05) is 6.07 Å². The van der Waals surface area contributed by atoms with Crippen molar-refractivity contribution >= 4 is 0 Å². The molecule has 3 nitrogen and oxygen atoms in total. The van der Waals surface area contributed by atoms with E-state index in [9.17, 15) is 5.11 Å². The number of aromatic hydroxyl groups is 1. The van der Waals surface area contributed by atoms with Crippen LogP contribution in [0.3, 0.4) is 0 Å². The molecular formula is C11H14N2O. The second kappa shape index (κ2) is 4.12. The van der Waals surface area contributed by atoms with Gasteiger partial charge < -0.3 is 10.8 Å². The van der Waals surface area contributed by atoms with Crippen LogP contribution in [0.1, 0.15) is 29.2 Å². The van der Waals surface area contributed by atoms with E-state index in [2.05, 4.69) is 0 Å². The summed E-state index contributed by atoms with van der Waals surface area (Å²) in [5.41, 5.74) is 8.49. The molecule has 0 amide bonds. The number of hydrogen-bond acceptors (Lipinski definition) is 3. The van der Waals surface area contributed by atoms with E-state index in [1.165, 1.54) is 0 Å². The Hall–Kier alpha value is -1.53. The number of hydrogen-bond donors (Lipinski definition) is 2. The molecule has 1 aromatic carbocycles. The van der Waals surface area contributed by atoms with Crippen LogP contribution in [-0.2, 0) is 0 Å². The van der Waals surface area contributed by atoms with Gasteiger partial charge >= 0.3 is 0 Å². The molecule has 1 rings (SSSR count). The minimum Gasteiger partial charge on any atom is -0.508 e. The molecule has 0 bridgehead atoms. The lowest BCUT2D eigenvalue weighted by atomic mass is 9.99. The van der Waals surface area contributed by atoms with Crippen LogP contribution in [0.25, 0.3) is 0 Å². The molecule has 0 unspecified atom stereocenters. The summed E-state index contributed by atoms with van der Waals surface area (Å²) in [6.07, 6.45) is 0.218. The molecule has 3 N–H and O–H groups in total. The van der Waals surface area contributed by atoms with Crippen LogP contribution in [0.2, 0.25) is 0 Å². The molecule has 0 fully saturated rings. The summed E-state index contributed by atoms with van der Waals surface area (Å²) in [7, 11) is 0. The highest BCUT2D eigenvalue weighted by atomic mass is 16.3. The number of nitrogens with two attached hydrogens (primary N) is 1. The van der Waals surface area contributed by atoms with Gasteiger partial charge in [0, 0.05) is 11.6 Å². The molecule has 0 spiro atoms. The van der Waals surface area contributed by atoms with E-state index in [0.717, 1.165) is 11.1 Å². The third kappa shape index (κ3) is 2.04. The fourth-order valence-electron chi connectivity index (χ4n) is 1.33. The number of nitrogens with zero attached hydrogens (tertiary/aromatic N) is 1. The van der Waals surface area contributed by atoms with Crippen molar-refractivity contribution in [3.63, 3.8) is 0 Å². The van der Waals surface area contributed by atoms with E-state index < -0.39 is 6.04 Å². The fraction of sp³-hybridized carbons (Fsp3) is 0.364. The predicted octanol–water partition coefficient (Wildman–Crippen LogP) is 1.92. The first-order chi connectivity index (χ1) is 6.56. The summed E-state index contributed by atoms with van der Waals surface area (Å²) in [6, 6.07) is 5.11. The van der Waals surface area contributed by atoms with E-state index in [1.807, 2.05) is 26.0 Å². The minimum atomic E-state index is -0.403. The van der Waals surface area contributed by atoms with Gasteiger partial charge in [-0.2, -0.15) is 5.26 Å². The average molecular weight is 190 g/mol. The maximum atomic E-state index is 9.62. The summed E-state index contributed by atoms with van der Waals surface area (Å²) in [6.45, 7) is 3.88. The maximum Gasteiger partial charge on any atom is 0.120 e. The zero-order valence-electron chi connectivity index (χ0n) is 8.41. The van der Waals surface area contributed by atoms with Crippen molar-refractivity contribution in [1.29, 1.82) is 5.26 Å². The normalized spacial score (nSPS) is 12.1. The molecule has 0 aliphatic rings. The monoisotopic (exact) mass is 190 g/mol. The number of phenolic OH excluding ortho intramolecular Hbond substituents is 1. The molecule has 0 saturated carbocycles. The molecule has 0 saturated heterocycles. The van der Waals surface area contributed by atoms with Crippen molar-refractivity contribution in [3.05, 3.63) is 28.8 Å². The number of rotatable bonds is 2. The molecule has 0 aliphatic carbocycles. The minimum absolute atomic E-state index is 0.177. The number of nitriles is 1. The van der Waals surface area contributed by atoms with Crippen LogP contribution in [-0.4, -0.2) is 5.11 Å². The zero-order valence-corrected chi connectivity index (χ0v) is 8.41. The van der Waals surface area contributed by atoms with Crippen LogP contribution in [0.4, 0.5) is 0 Å². The van der Waals surface area contributed by atoms with Gasteiger partial charge in [-0.05, 0) is 31.0 Å². The molecule has 0 heterocycles. The van der Waals surface area contributed by atoms with E-state index in [1.54, 1.807) is 6.07 Å². The van der Waals surface area contributed by atoms with E-state index in [0.29, 0.717) is 5.56 Å². The fourth-order valence-corrected chi connectivity index (χ4v) is 1.33. The highest BCUT2D eigenvalue weighted by Gasteiger charge is 2.11. The SMILES string of the molecule is Cc1cc(O)c([C@@H](N)CC#N)cc1C. The lowest BCUT2D eigenvalue weighted by Crippen LogP contribution is -2.09. The molecule has 3 heteroatoms. The first kappa shape index (κ1) is 10.6. The molecule has 1 atom stereocenters. The van der Waals surface area contributed by atoms with Gasteiger partial charge in [0.1, 0.15) is 5.75 Å². The van der Waals surface area contributed by atoms with Gasteiger partial charge in [-0.25, -0.2) is 0 Å². The van der Waals surface area contributed by atoms with Crippen molar-refractivity contribution in [2.75, 3.05) is 0 Å². The second-order valence-corrected chi connectivity index (χ2v) is 3.46. The topological polar surface area (TPSA) is 70.0 Å². The summed E-state index contributed by atoms with van der Waals surface area (Å²) < 4.78 is 0. The Kier molecular flexibility index (Phi) is 3.10. The number of aryl methyl sites for hydroxylation is 2. The first-order valence-corrected chi connectivity index (χ1v) is 4.49. The van der Waals surface area contributed by atoms with E-state index in [4.69, 9.17) is 11.0 Å². The van der Waals surface area contributed by atoms with E-state index >= 15 is 0 Å². The highest BCUT2D eigenvalue weighted by Crippen LogP contribution is 2.27. The maximum absolute atomic E-state index is 9.62. The summed E-state index contributed by atoms with van der Waals surface area (Å²) in [5, 5.41) is 18.1. The Bertz CT molecular complexity index is 380. The lowest BCUT2D eigenvalue weighted by Gasteiger charge is -2.12. The molecule has 1 aromatic rings. The highest BCUT2D eigenvalue weighted by molar-refractivity contribution is 5.42. The van der Waals surface area contributed by atoms with Gasteiger partial charge in [-0.3, -0.25) is 0 Å².